The number of aromatic amines is 1. The fourth-order valence-corrected chi connectivity index (χ4v) is 1.57. The number of imidazole rings is 1. The van der Waals surface area contributed by atoms with Gasteiger partial charge in [-0.05, 0) is 12.1 Å². The van der Waals surface area contributed by atoms with Gasteiger partial charge in [-0.1, -0.05) is 6.07 Å². The van der Waals surface area contributed by atoms with E-state index in [1.165, 1.54) is 7.11 Å². The van der Waals surface area contributed by atoms with Crippen LogP contribution in [0.15, 0.2) is 30.6 Å². The van der Waals surface area contributed by atoms with Crippen LogP contribution in [0.1, 0.15) is 16.2 Å². The number of nitrogens with zero attached hydrogens (tertiary/aromatic N) is 1. The molecule has 94 valence electrons. The average molecular weight is 246 g/mol. The lowest BCUT2D eigenvalue weighted by Gasteiger charge is -2.09. The predicted molar refractivity (Wildman–Crippen MR) is 67.2 cm³/mol. The molecule has 0 radical (unpaired) electrons. The molecule has 0 saturated heterocycles. The summed E-state index contributed by atoms with van der Waals surface area (Å²) in [6, 6.07) is 5.07. The number of nitrogens with one attached hydrogen (secondary N) is 2. The number of amides is 1. The van der Waals surface area contributed by atoms with Crippen molar-refractivity contribution in [3.8, 4) is 5.75 Å². The smallest absolute Gasteiger partial charge is 0.253 e. The van der Waals surface area contributed by atoms with Gasteiger partial charge in [0.1, 0.15) is 11.6 Å². The number of rotatable bonds is 4. The molecular formula is C12H14N4O2. The Labute approximate surface area is 104 Å². The van der Waals surface area contributed by atoms with Crippen molar-refractivity contribution in [3.63, 3.8) is 0 Å². The zero-order chi connectivity index (χ0) is 13.0. The Morgan fingerprint density at radius 2 is 2.39 bits per heavy atom. The molecule has 0 spiro atoms. The van der Waals surface area contributed by atoms with Crippen LogP contribution < -0.4 is 15.8 Å². The highest BCUT2D eigenvalue weighted by Crippen LogP contribution is 2.24. The SMILES string of the molecule is COc1cccc(C(=O)NCc2ncc[nH]2)c1N. The Balaban J connectivity index is 2.09. The lowest BCUT2D eigenvalue weighted by Crippen LogP contribution is -2.24. The fourth-order valence-electron chi connectivity index (χ4n) is 1.57. The molecule has 0 bridgehead atoms. The second-order valence-corrected chi connectivity index (χ2v) is 3.64. The van der Waals surface area contributed by atoms with Gasteiger partial charge in [0.2, 0.25) is 0 Å². The van der Waals surface area contributed by atoms with Crippen LogP contribution in [0.25, 0.3) is 0 Å². The zero-order valence-corrected chi connectivity index (χ0v) is 9.93. The fraction of sp³-hybridized carbons (Fsp3) is 0.167. The summed E-state index contributed by atoms with van der Waals surface area (Å²) in [5.74, 6) is 0.910. The molecule has 1 aromatic carbocycles. The highest BCUT2D eigenvalue weighted by Gasteiger charge is 2.12. The molecular weight excluding hydrogens is 232 g/mol. The third-order valence-corrected chi connectivity index (χ3v) is 2.50. The first-order valence-electron chi connectivity index (χ1n) is 5.41. The van der Waals surface area contributed by atoms with E-state index < -0.39 is 0 Å². The van der Waals surface area contributed by atoms with Crippen molar-refractivity contribution >= 4 is 11.6 Å². The van der Waals surface area contributed by atoms with Crippen LogP contribution in [-0.2, 0) is 6.54 Å². The Morgan fingerprint density at radius 3 is 3.06 bits per heavy atom. The topological polar surface area (TPSA) is 93.0 Å². The van der Waals surface area contributed by atoms with E-state index in [9.17, 15) is 4.79 Å². The summed E-state index contributed by atoms with van der Waals surface area (Å²) in [6.07, 6.45) is 3.32. The maximum Gasteiger partial charge on any atom is 0.253 e. The van der Waals surface area contributed by atoms with E-state index in [0.29, 0.717) is 29.4 Å². The Bertz CT molecular complexity index is 537. The van der Waals surface area contributed by atoms with Crippen molar-refractivity contribution in [1.29, 1.82) is 0 Å². The van der Waals surface area contributed by atoms with Gasteiger partial charge in [-0.25, -0.2) is 4.98 Å². The monoisotopic (exact) mass is 246 g/mol. The van der Waals surface area contributed by atoms with Crippen LogP contribution in [0.4, 0.5) is 5.69 Å². The van der Waals surface area contributed by atoms with Crippen LogP contribution in [0.5, 0.6) is 5.75 Å². The summed E-state index contributed by atoms with van der Waals surface area (Å²) in [4.78, 5) is 18.9. The van der Waals surface area contributed by atoms with Gasteiger partial charge < -0.3 is 20.8 Å². The number of hydrogen-bond acceptors (Lipinski definition) is 4. The van der Waals surface area contributed by atoms with E-state index in [2.05, 4.69) is 15.3 Å². The Kier molecular flexibility index (Phi) is 3.47. The molecule has 0 fully saturated rings. The van der Waals surface area contributed by atoms with E-state index in [1.54, 1.807) is 30.6 Å². The summed E-state index contributed by atoms with van der Waals surface area (Å²) >= 11 is 0. The maximum atomic E-state index is 11.9. The Hall–Kier alpha value is -2.50. The number of hydrogen-bond donors (Lipinski definition) is 3. The number of methoxy groups -OCH3 is 1. The molecule has 0 atom stereocenters. The maximum absolute atomic E-state index is 11.9. The minimum Gasteiger partial charge on any atom is -0.495 e. The number of H-pyrrole nitrogens is 1. The van der Waals surface area contributed by atoms with E-state index in [1.807, 2.05) is 0 Å². The van der Waals surface area contributed by atoms with E-state index >= 15 is 0 Å². The van der Waals surface area contributed by atoms with Crippen LogP contribution in [0, 0.1) is 0 Å². The second kappa shape index (κ2) is 5.22. The van der Waals surface area contributed by atoms with Crippen LogP contribution in [0.3, 0.4) is 0 Å². The third kappa shape index (κ3) is 2.42. The van der Waals surface area contributed by atoms with Crippen molar-refractivity contribution in [1.82, 2.24) is 15.3 Å². The molecule has 6 nitrogen and oxygen atoms in total. The summed E-state index contributed by atoms with van der Waals surface area (Å²) in [5, 5.41) is 2.73. The Morgan fingerprint density at radius 1 is 1.56 bits per heavy atom. The summed E-state index contributed by atoms with van der Waals surface area (Å²) in [5.41, 5.74) is 6.55. The van der Waals surface area contributed by atoms with Gasteiger partial charge in [-0.2, -0.15) is 0 Å². The molecule has 6 heteroatoms. The first-order chi connectivity index (χ1) is 8.72. The molecule has 1 aromatic heterocycles. The lowest BCUT2D eigenvalue weighted by atomic mass is 10.1. The normalized spacial score (nSPS) is 10.1. The minimum atomic E-state index is -0.261. The molecule has 2 aromatic rings. The summed E-state index contributed by atoms with van der Waals surface area (Å²) in [6.45, 7) is 0.322. The van der Waals surface area contributed by atoms with Gasteiger partial charge in [-0.3, -0.25) is 4.79 Å². The minimum absolute atomic E-state index is 0.261. The number of carbonyl (C=O) groups is 1. The standard InChI is InChI=1S/C12H14N4O2/c1-18-9-4-2-3-8(11(9)13)12(17)16-7-10-14-5-6-15-10/h2-6H,7,13H2,1H3,(H,14,15)(H,16,17). The van der Waals surface area contributed by atoms with E-state index in [0.717, 1.165) is 0 Å². The third-order valence-electron chi connectivity index (χ3n) is 2.50. The number of nitrogen functional groups attached to an aromatic ring is 1. The predicted octanol–water partition coefficient (Wildman–Crippen LogP) is 0.930. The number of ether oxygens (including phenoxy) is 1. The first-order valence-corrected chi connectivity index (χ1v) is 5.41. The molecule has 0 saturated carbocycles. The van der Waals surface area contributed by atoms with Crippen LogP contribution in [-0.4, -0.2) is 23.0 Å². The number of carbonyl (C=O) groups excluding carboxylic acids is 1. The van der Waals surface area contributed by atoms with E-state index in [-0.39, 0.29) is 5.91 Å². The zero-order valence-electron chi connectivity index (χ0n) is 9.93. The molecule has 2 rings (SSSR count). The molecule has 4 N–H and O–H groups in total. The largest absolute Gasteiger partial charge is 0.495 e. The molecule has 0 aliphatic heterocycles. The highest BCUT2D eigenvalue weighted by molar-refractivity contribution is 6.00. The number of nitrogens with two attached hydrogens (primary N) is 1. The molecule has 0 aliphatic carbocycles. The van der Waals surface area contributed by atoms with E-state index in [4.69, 9.17) is 10.5 Å². The summed E-state index contributed by atoms with van der Waals surface area (Å²) < 4.78 is 5.06. The molecule has 0 unspecified atom stereocenters. The van der Waals surface area contributed by atoms with Crippen molar-refractivity contribution < 1.29 is 9.53 Å². The van der Waals surface area contributed by atoms with Gasteiger partial charge in [0.05, 0.1) is 24.9 Å². The van der Waals surface area contributed by atoms with Gasteiger partial charge in [0, 0.05) is 12.4 Å². The van der Waals surface area contributed by atoms with Crippen molar-refractivity contribution in [2.45, 2.75) is 6.54 Å². The molecule has 1 amide bonds. The number of para-hydroxylation sites is 1. The van der Waals surface area contributed by atoms with Gasteiger partial charge in [0.25, 0.3) is 5.91 Å². The quantitative estimate of drug-likeness (QED) is 0.700. The summed E-state index contributed by atoms with van der Waals surface area (Å²) in [7, 11) is 1.51. The number of aromatic nitrogens is 2. The molecule has 18 heavy (non-hydrogen) atoms. The van der Waals surface area contributed by atoms with Gasteiger partial charge >= 0.3 is 0 Å². The average Bonchev–Trinajstić information content (AvgIpc) is 2.89. The number of benzene rings is 1. The van der Waals surface area contributed by atoms with Crippen LogP contribution >= 0.6 is 0 Å². The first kappa shape index (κ1) is 12.0. The van der Waals surface area contributed by atoms with Gasteiger partial charge in [0.15, 0.2) is 0 Å². The number of anilines is 1. The van der Waals surface area contributed by atoms with Gasteiger partial charge in [-0.15, -0.1) is 0 Å². The lowest BCUT2D eigenvalue weighted by molar-refractivity contribution is 0.0950. The van der Waals surface area contributed by atoms with Crippen molar-refractivity contribution in [2.24, 2.45) is 0 Å². The van der Waals surface area contributed by atoms with Crippen molar-refractivity contribution in [2.75, 3.05) is 12.8 Å². The second-order valence-electron chi connectivity index (χ2n) is 3.64. The molecule has 0 aliphatic rings. The highest BCUT2D eigenvalue weighted by atomic mass is 16.5. The molecule has 1 heterocycles. The van der Waals surface area contributed by atoms with Crippen molar-refractivity contribution in [3.05, 3.63) is 42.0 Å². The van der Waals surface area contributed by atoms with Crippen LogP contribution in [0.2, 0.25) is 0 Å².